The molecule has 0 saturated carbocycles. The van der Waals surface area contributed by atoms with E-state index in [9.17, 15) is 8.42 Å². The number of nitrogens with one attached hydrogen (secondary N) is 2. The van der Waals surface area contributed by atoms with Crippen molar-refractivity contribution in [3.63, 3.8) is 0 Å². The molecule has 0 bridgehead atoms. The minimum Gasteiger partial charge on any atom is -0.396 e. The van der Waals surface area contributed by atoms with Crippen LogP contribution in [0.5, 0.6) is 0 Å². The summed E-state index contributed by atoms with van der Waals surface area (Å²) in [7, 11) is -3.04. The molecule has 0 aromatic heterocycles. The van der Waals surface area contributed by atoms with Gasteiger partial charge < -0.3 is 10.4 Å². The van der Waals surface area contributed by atoms with Gasteiger partial charge in [-0.2, -0.15) is 0 Å². The second-order valence-electron chi connectivity index (χ2n) is 3.20. The first kappa shape index (κ1) is 13.8. The summed E-state index contributed by atoms with van der Waals surface area (Å²) in [5.74, 6) is 0. The minimum atomic E-state index is -3.04. The Kier molecular flexibility index (Phi) is 8.07. The molecule has 0 aliphatic rings. The molecule has 0 aliphatic heterocycles. The molecule has 86 valence electrons. The topological polar surface area (TPSA) is 78.4 Å². The molecule has 0 aliphatic carbocycles. The Bertz CT molecular complexity index is 217. The number of rotatable bonds is 9. The zero-order chi connectivity index (χ0) is 10.9. The monoisotopic (exact) mass is 224 g/mol. The molecule has 5 nitrogen and oxygen atoms in total. The SMILES string of the molecule is CS(=O)(=O)NCCCNCCCCO. The molecule has 0 spiro atoms. The van der Waals surface area contributed by atoms with Crippen LogP contribution in [0.1, 0.15) is 19.3 Å². The second kappa shape index (κ2) is 8.16. The molecular weight excluding hydrogens is 204 g/mol. The van der Waals surface area contributed by atoms with Crippen molar-refractivity contribution in [3.05, 3.63) is 0 Å². The van der Waals surface area contributed by atoms with Gasteiger partial charge in [0.25, 0.3) is 0 Å². The summed E-state index contributed by atoms with van der Waals surface area (Å²) in [4.78, 5) is 0. The van der Waals surface area contributed by atoms with Crippen molar-refractivity contribution in [2.24, 2.45) is 0 Å². The van der Waals surface area contributed by atoms with Gasteiger partial charge in [-0.25, -0.2) is 13.1 Å². The Hall–Kier alpha value is -0.170. The predicted molar refractivity (Wildman–Crippen MR) is 56.7 cm³/mol. The maximum atomic E-state index is 10.6. The van der Waals surface area contributed by atoms with Gasteiger partial charge in [-0.3, -0.25) is 0 Å². The fraction of sp³-hybridized carbons (Fsp3) is 1.00. The fourth-order valence-electron chi connectivity index (χ4n) is 0.958. The van der Waals surface area contributed by atoms with Crippen LogP contribution in [0.2, 0.25) is 0 Å². The van der Waals surface area contributed by atoms with Crippen LogP contribution >= 0.6 is 0 Å². The molecule has 0 heterocycles. The van der Waals surface area contributed by atoms with Gasteiger partial charge in [-0.05, 0) is 32.4 Å². The van der Waals surface area contributed by atoms with E-state index in [0.29, 0.717) is 6.54 Å². The van der Waals surface area contributed by atoms with E-state index in [-0.39, 0.29) is 6.61 Å². The van der Waals surface area contributed by atoms with Crippen LogP contribution in [0.25, 0.3) is 0 Å². The molecule has 0 radical (unpaired) electrons. The summed E-state index contributed by atoms with van der Waals surface area (Å²) in [5, 5.41) is 11.7. The second-order valence-corrected chi connectivity index (χ2v) is 5.03. The summed E-state index contributed by atoms with van der Waals surface area (Å²) in [6, 6.07) is 0. The molecule has 0 atom stereocenters. The molecule has 6 heteroatoms. The Balaban J connectivity index is 3.07. The van der Waals surface area contributed by atoms with Crippen molar-refractivity contribution >= 4 is 10.0 Å². The van der Waals surface area contributed by atoms with Crippen LogP contribution in [0, 0.1) is 0 Å². The number of sulfonamides is 1. The number of aliphatic hydroxyl groups is 1. The third-order valence-electron chi connectivity index (χ3n) is 1.66. The van der Waals surface area contributed by atoms with E-state index in [1.54, 1.807) is 0 Å². The third-order valence-corrected chi connectivity index (χ3v) is 2.38. The first-order valence-corrected chi connectivity index (χ1v) is 6.71. The zero-order valence-electron chi connectivity index (χ0n) is 8.62. The van der Waals surface area contributed by atoms with E-state index in [1.807, 2.05) is 0 Å². The molecule has 14 heavy (non-hydrogen) atoms. The van der Waals surface area contributed by atoms with E-state index in [4.69, 9.17) is 5.11 Å². The van der Waals surface area contributed by atoms with Crippen molar-refractivity contribution in [1.82, 2.24) is 10.0 Å². The van der Waals surface area contributed by atoms with Crippen molar-refractivity contribution in [1.29, 1.82) is 0 Å². The number of hydrogen-bond acceptors (Lipinski definition) is 4. The Morgan fingerprint density at radius 1 is 1.07 bits per heavy atom. The number of unbranched alkanes of at least 4 members (excludes halogenated alkanes) is 1. The molecular formula is C8H20N2O3S. The Morgan fingerprint density at radius 2 is 1.71 bits per heavy atom. The van der Waals surface area contributed by atoms with Gasteiger partial charge in [0.2, 0.25) is 10.0 Å². The molecule has 0 fully saturated rings. The van der Waals surface area contributed by atoms with Crippen LogP contribution in [-0.2, 0) is 10.0 Å². The quantitative estimate of drug-likeness (QED) is 0.452. The lowest BCUT2D eigenvalue weighted by Gasteiger charge is -2.04. The molecule has 0 rings (SSSR count). The van der Waals surface area contributed by atoms with Crippen LogP contribution < -0.4 is 10.0 Å². The largest absolute Gasteiger partial charge is 0.396 e. The van der Waals surface area contributed by atoms with Crippen molar-refractivity contribution in [3.8, 4) is 0 Å². The lowest BCUT2D eigenvalue weighted by Crippen LogP contribution is -2.26. The van der Waals surface area contributed by atoms with Gasteiger partial charge in [-0.1, -0.05) is 0 Å². The highest BCUT2D eigenvalue weighted by Crippen LogP contribution is 1.84. The lowest BCUT2D eigenvalue weighted by atomic mass is 10.3. The van der Waals surface area contributed by atoms with Crippen molar-refractivity contribution < 1.29 is 13.5 Å². The zero-order valence-corrected chi connectivity index (χ0v) is 9.44. The van der Waals surface area contributed by atoms with Gasteiger partial charge in [0.1, 0.15) is 0 Å². The molecule has 0 saturated heterocycles. The van der Waals surface area contributed by atoms with Crippen LogP contribution in [0.4, 0.5) is 0 Å². The summed E-state index contributed by atoms with van der Waals surface area (Å²) >= 11 is 0. The number of hydrogen-bond donors (Lipinski definition) is 3. The molecule has 3 N–H and O–H groups in total. The number of aliphatic hydroxyl groups excluding tert-OH is 1. The van der Waals surface area contributed by atoms with Crippen molar-refractivity contribution in [2.75, 3.05) is 32.5 Å². The average molecular weight is 224 g/mol. The predicted octanol–water partition coefficient (Wildman–Crippen LogP) is -0.712. The maximum absolute atomic E-state index is 10.6. The van der Waals surface area contributed by atoms with Gasteiger partial charge in [-0.15, -0.1) is 0 Å². The average Bonchev–Trinajstić information content (AvgIpc) is 2.08. The highest BCUT2D eigenvalue weighted by Gasteiger charge is 1.97. The first-order valence-electron chi connectivity index (χ1n) is 4.82. The lowest BCUT2D eigenvalue weighted by molar-refractivity contribution is 0.283. The van der Waals surface area contributed by atoms with E-state index in [1.165, 1.54) is 0 Å². The van der Waals surface area contributed by atoms with Crippen molar-refractivity contribution in [2.45, 2.75) is 19.3 Å². The molecule has 0 aromatic carbocycles. The Morgan fingerprint density at radius 3 is 2.29 bits per heavy atom. The molecule has 0 amide bonds. The summed E-state index contributed by atoms with van der Waals surface area (Å²) < 4.78 is 23.7. The minimum absolute atomic E-state index is 0.233. The smallest absolute Gasteiger partial charge is 0.208 e. The maximum Gasteiger partial charge on any atom is 0.208 e. The van der Waals surface area contributed by atoms with Crippen LogP contribution in [0.15, 0.2) is 0 Å². The molecule has 0 aromatic rings. The van der Waals surface area contributed by atoms with E-state index in [0.717, 1.165) is 38.6 Å². The Labute approximate surface area is 85.9 Å². The highest BCUT2D eigenvalue weighted by molar-refractivity contribution is 7.88. The van der Waals surface area contributed by atoms with E-state index in [2.05, 4.69) is 10.0 Å². The van der Waals surface area contributed by atoms with E-state index >= 15 is 0 Å². The van der Waals surface area contributed by atoms with E-state index < -0.39 is 10.0 Å². The van der Waals surface area contributed by atoms with Crippen LogP contribution in [0.3, 0.4) is 0 Å². The third kappa shape index (κ3) is 11.8. The first-order chi connectivity index (χ1) is 6.56. The normalized spacial score (nSPS) is 11.9. The summed E-state index contributed by atoms with van der Waals surface area (Å²) in [6.45, 7) is 2.39. The standard InChI is InChI=1S/C8H20N2O3S/c1-14(12,13)10-7-4-6-9-5-2-3-8-11/h9-11H,2-8H2,1H3. The molecule has 0 unspecified atom stereocenters. The summed E-state index contributed by atoms with van der Waals surface area (Å²) in [5.41, 5.74) is 0. The summed E-state index contributed by atoms with van der Waals surface area (Å²) in [6.07, 6.45) is 3.71. The van der Waals surface area contributed by atoms with Gasteiger partial charge >= 0.3 is 0 Å². The van der Waals surface area contributed by atoms with Crippen LogP contribution in [-0.4, -0.2) is 46.0 Å². The fourth-order valence-corrected chi connectivity index (χ4v) is 1.47. The van der Waals surface area contributed by atoms with Gasteiger partial charge in [0.15, 0.2) is 0 Å². The van der Waals surface area contributed by atoms with Gasteiger partial charge in [0, 0.05) is 13.2 Å². The highest BCUT2D eigenvalue weighted by atomic mass is 32.2. The van der Waals surface area contributed by atoms with Gasteiger partial charge in [0.05, 0.1) is 6.26 Å².